The first-order valence-electron chi connectivity index (χ1n) is 4.51. The SMILES string of the molecule is CCCC1(C2CCC2)CO1. The molecule has 0 bridgehead atoms. The van der Waals surface area contributed by atoms with Gasteiger partial charge in [0.2, 0.25) is 0 Å². The maximum Gasteiger partial charge on any atom is 0.0944 e. The summed E-state index contributed by atoms with van der Waals surface area (Å²) in [5.74, 6) is 0.937. The van der Waals surface area contributed by atoms with Crippen LogP contribution in [0.1, 0.15) is 39.0 Å². The van der Waals surface area contributed by atoms with Crippen LogP contribution in [0.2, 0.25) is 0 Å². The van der Waals surface area contributed by atoms with E-state index >= 15 is 0 Å². The minimum atomic E-state index is 0.396. The minimum Gasteiger partial charge on any atom is -0.369 e. The summed E-state index contributed by atoms with van der Waals surface area (Å²) in [6, 6.07) is 0. The van der Waals surface area contributed by atoms with Gasteiger partial charge in [-0.3, -0.25) is 0 Å². The summed E-state index contributed by atoms with van der Waals surface area (Å²) in [5.41, 5.74) is 0.396. The van der Waals surface area contributed by atoms with Gasteiger partial charge in [-0.05, 0) is 25.2 Å². The summed E-state index contributed by atoms with van der Waals surface area (Å²) in [6.07, 6.45) is 6.90. The highest BCUT2D eigenvalue weighted by molar-refractivity contribution is 5.00. The highest BCUT2D eigenvalue weighted by Crippen LogP contribution is 2.48. The highest BCUT2D eigenvalue weighted by Gasteiger charge is 2.51. The lowest BCUT2D eigenvalue weighted by molar-refractivity contribution is 0.133. The highest BCUT2D eigenvalue weighted by atomic mass is 16.6. The Kier molecular flexibility index (Phi) is 1.48. The number of rotatable bonds is 3. The van der Waals surface area contributed by atoms with Crippen LogP contribution in [0.15, 0.2) is 0 Å². The molecular weight excluding hydrogens is 124 g/mol. The fraction of sp³-hybridized carbons (Fsp3) is 1.00. The van der Waals surface area contributed by atoms with Crippen molar-refractivity contribution >= 4 is 0 Å². The molecule has 0 spiro atoms. The average Bonchev–Trinajstić information content (AvgIpc) is 2.44. The first-order chi connectivity index (χ1) is 4.87. The number of hydrogen-bond donors (Lipinski definition) is 0. The second kappa shape index (κ2) is 2.23. The maximum absolute atomic E-state index is 5.54. The topological polar surface area (TPSA) is 12.5 Å². The molecule has 1 heteroatoms. The molecule has 1 saturated carbocycles. The lowest BCUT2D eigenvalue weighted by Crippen LogP contribution is -2.29. The van der Waals surface area contributed by atoms with Gasteiger partial charge in [-0.15, -0.1) is 0 Å². The summed E-state index contributed by atoms with van der Waals surface area (Å²) >= 11 is 0. The van der Waals surface area contributed by atoms with Crippen LogP contribution in [0.25, 0.3) is 0 Å². The largest absolute Gasteiger partial charge is 0.369 e. The Balaban J connectivity index is 1.87. The number of epoxide rings is 1. The van der Waals surface area contributed by atoms with E-state index in [1.54, 1.807) is 0 Å². The van der Waals surface area contributed by atoms with E-state index in [9.17, 15) is 0 Å². The lowest BCUT2D eigenvalue weighted by atomic mass is 9.74. The maximum atomic E-state index is 5.54. The smallest absolute Gasteiger partial charge is 0.0944 e. The van der Waals surface area contributed by atoms with Crippen LogP contribution >= 0.6 is 0 Å². The predicted octanol–water partition coefficient (Wildman–Crippen LogP) is 2.36. The quantitative estimate of drug-likeness (QED) is 0.548. The van der Waals surface area contributed by atoms with Crippen molar-refractivity contribution in [2.75, 3.05) is 6.61 Å². The van der Waals surface area contributed by atoms with Gasteiger partial charge in [0.1, 0.15) is 0 Å². The van der Waals surface area contributed by atoms with Crippen molar-refractivity contribution in [3.05, 3.63) is 0 Å². The second-order valence-electron chi connectivity index (χ2n) is 3.73. The van der Waals surface area contributed by atoms with E-state index in [0.29, 0.717) is 5.60 Å². The van der Waals surface area contributed by atoms with Gasteiger partial charge >= 0.3 is 0 Å². The van der Waals surface area contributed by atoms with E-state index < -0.39 is 0 Å². The van der Waals surface area contributed by atoms with Gasteiger partial charge in [0.15, 0.2) is 0 Å². The van der Waals surface area contributed by atoms with E-state index in [2.05, 4.69) is 6.92 Å². The molecule has 1 heterocycles. The molecule has 0 aromatic carbocycles. The van der Waals surface area contributed by atoms with Gasteiger partial charge < -0.3 is 4.74 Å². The molecule has 0 amide bonds. The van der Waals surface area contributed by atoms with Crippen molar-refractivity contribution in [1.82, 2.24) is 0 Å². The molecule has 58 valence electrons. The van der Waals surface area contributed by atoms with Crippen LogP contribution in [0.3, 0.4) is 0 Å². The molecule has 0 N–H and O–H groups in total. The first-order valence-corrected chi connectivity index (χ1v) is 4.51. The minimum absolute atomic E-state index is 0.396. The van der Waals surface area contributed by atoms with Gasteiger partial charge in [0, 0.05) is 0 Å². The Morgan fingerprint density at radius 3 is 2.50 bits per heavy atom. The van der Waals surface area contributed by atoms with Crippen LogP contribution in [-0.2, 0) is 4.74 Å². The van der Waals surface area contributed by atoms with Crippen molar-refractivity contribution < 1.29 is 4.74 Å². The van der Waals surface area contributed by atoms with E-state index in [4.69, 9.17) is 4.74 Å². The third-order valence-electron chi connectivity index (χ3n) is 3.04. The van der Waals surface area contributed by atoms with Crippen molar-refractivity contribution in [3.63, 3.8) is 0 Å². The fourth-order valence-electron chi connectivity index (χ4n) is 2.03. The Morgan fingerprint density at radius 2 is 2.20 bits per heavy atom. The van der Waals surface area contributed by atoms with Gasteiger partial charge in [0.05, 0.1) is 12.2 Å². The molecular formula is C9H16O. The monoisotopic (exact) mass is 140 g/mol. The Labute approximate surface area is 62.8 Å². The van der Waals surface area contributed by atoms with Crippen molar-refractivity contribution in [2.24, 2.45) is 5.92 Å². The molecule has 0 aromatic rings. The summed E-state index contributed by atoms with van der Waals surface area (Å²) in [6.45, 7) is 3.31. The van der Waals surface area contributed by atoms with Gasteiger partial charge in [-0.25, -0.2) is 0 Å². The fourth-order valence-corrected chi connectivity index (χ4v) is 2.03. The predicted molar refractivity (Wildman–Crippen MR) is 40.9 cm³/mol. The molecule has 1 aliphatic carbocycles. The van der Waals surface area contributed by atoms with Crippen molar-refractivity contribution in [3.8, 4) is 0 Å². The summed E-state index contributed by atoms with van der Waals surface area (Å²) < 4.78 is 5.54. The molecule has 2 aliphatic rings. The number of hydrogen-bond acceptors (Lipinski definition) is 1. The molecule has 2 fully saturated rings. The zero-order valence-corrected chi connectivity index (χ0v) is 6.73. The van der Waals surface area contributed by atoms with E-state index in [0.717, 1.165) is 12.5 Å². The molecule has 0 radical (unpaired) electrons. The van der Waals surface area contributed by atoms with E-state index in [-0.39, 0.29) is 0 Å². The second-order valence-corrected chi connectivity index (χ2v) is 3.73. The Bertz CT molecular complexity index is 123. The third kappa shape index (κ3) is 0.878. The van der Waals surface area contributed by atoms with Crippen LogP contribution in [0.5, 0.6) is 0 Å². The molecule has 10 heavy (non-hydrogen) atoms. The van der Waals surface area contributed by atoms with Crippen molar-refractivity contribution in [1.29, 1.82) is 0 Å². The molecule has 1 atom stereocenters. The Hall–Kier alpha value is -0.0400. The number of ether oxygens (including phenoxy) is 1. The first kappa shape index (κ1) is 6.66. The van der Waals surface area contributed by atoms with Gasteiger partial charge in [-0.2, -0.15) is 0 Å². The van der Waals surface area contributed by atoms with Crippen LogP contribution < -0.4 is 0 Å². The van der Waals surface area contributed by atoms with E-state index in [1.165, 1.54) is 32.1 Å². The van der Waals surface area contributed by atoms with Crippen molar-refractivity contribution in [2.45, 2.75) is 44.6 Å². The zero-order valence-electron chi connectivity index (χ0n) is 6.73. The van der Waals surface area contributed by atoms with Crippen LogP contribution in [0, 0.1) is 5.92 Å². The van der Waals surface area contributed by atoms with Crippen LogP contribution in [-0.4, -0.2) is 12.2 Å². The molecule has 0 aromatic heterocycles. The third-order valence-corrected chi connectivity index (χ3v) is 3.04. The summed E-state index contributed by atoms with van der Waals surface area (Å²) in [5, 5.41) is 0. The zero-order chi connectivity index (χ0) is 7.03. The van der Waals surface area contributed by atoms with Gasteiger partial charge in [-0.1, -0.05) is 19.8 Å². The molecule has 1 unspecified atom stereocenters. The summed E-state index contributed by atoms with van der Waals surface area (Å²) in [7, 11) is 0. The Morgan fingerprint density at radius 1 is 1.50 bits per heavy atom. The standard InChI is InChI=1S/C9H16O/c1-2-6-9(7-10-9)8-4-3-5-8/h8H,2-7H2,1H3. The average molecular weight is 140 g/mol. The molecule has 1 nitrogen and oxygen atoms in total. The lowest BCUT2D eigenvalue weighted by Gasteiger charge is -2.31. The van der Waals surface area contributed by atoms with Crippen LogP contribution in [0.4, 0.5) is 0 Å². The molecule has 1 aliphatic heterocycles. The van der Waals surface area contributed by atoms with E-state index in [1.807, 2.05) is 0 Å². The normalized spacial score (nSPS) is 39.3. The van der Waals surface area contributed by atoms with Gasteiger partial charge in [0.25, 0.3) is 0 Å². The summed E-state index contributed by atoms with van der Waals surface area (Å²) in [4.78, 5) is 0. The molecule has 2 rings (SSSR count). The molecule has 1 saturated heterocycles.